The Morgan fingerprint density at radius 3 is 2.47 bits per heavy atom. The lowest BCUT2D eigenvalue weighted by Gasteiger charge is -2.36. The molecule has 4 nitrogen and oxygen atoms in total. The van der Waals surface area contributed by atoms with Crippen molar-refractivity contribution in [2.45, 2.75) is 63.6 Å². The van der Waals surface area contributed by atoms with Crippen molar-refractivity contribution in [2.24, 2.45) is 0 Å². The number of nitrogens with one attached hydrogen (secondary N) is 1. The first-order chi connectivity index (χ1) is 9.28. The van der Waals surface area contributed by atoms with Gasteiger partial charge in [-0.3, -0.25) is 4.79 Å². The molecule has 3 aliphatic rings. The molecule has 3 rings (SSSR count). The van der Waals surface area contributed by atoms with E-state index >= 15 is 0 Å². The number of piperidine rings is 1. The lowest BCUT2D eigenvalue weighted by molar-refractivity contribution is -0.132. The van der Waals surface area contributed by atoms with Gasteiger partial charge in [0.15, 0.2) is 0 Å². The van der Waals surface area contributed by atoms with Crippen molar-refractivity contribution in [1.82, 2.24) is 15.1 Å². The quantitative estimate of drug-likeness (QED) is 0.812. The van der Waals surface area contributed by atoms with Crippen molar-refractivity contribution < 1.29 is 4.79 Å². The largest absolute Gasteiger partial charge is 0.338 e. The van der Waals surface area contributed by atoms with Gasteiger partial charge in [-0.1, -0.05) is 6.92 Å². The number of hydrogen-bond acceptors (Lipinski definition) is 3. The summed E-state index contributed by atoms with van der Waals surface area (Å²) in [6.45, 7) is 6.77. The van der Waals surface area contributed by atoms with Gasteiger partial charge < -0.3 is 15.1 Å². The molecule has 0 aromatic carbocycles. The van der Waals surface area contributed by atoms with Crippen LogP contribution in [-0.2, 0) is 4.79 Å². The lowest BCUT2D eigenvalue weighted by Crippen LogP contribution is -2.48. The Balaban J connectivity index is 1.48. The molecular weight excluding hydrogens is 238 g/mol. The number of amides is 1. The topological polar surface area (TPSA) is 35.6 Å². The molecule has 19 heavy (non-hydrogen) atoms. The van der Waals surface area contributed by atoms with E-state index in [-0.39, 0.29) is 6.04 Å². The molecule has 2 aliphatic heterocycles. The van der Waals surface area contributed by atoms with Crippen molar-refractivity contribution in [2.75, 3.05) is 26.2 Å². The molecule has 0 radical (unpaired) electrons. The molecular formula is C15H27N3O. The Bertz CT molecular complexity index is 321. The summed E-state index contributed by atoms with van der Waals surface area (Å²) in [4.78, 5) is 17.1. The summed E-state index contributed by atoms with van der Waals surface area (Å²) < 4.78 is 0. The van der Waals surface area contributed by atoms with E-state index in [9.17, 15) is 4.79 Å². The molecule has 2 heterocycles. The fraction of sp³-hybridized carbons (Fsp3) is 0.933. The third-order valence-corrected chi connectivity index (χ3v) is 4.79. The predicted octanol–water partition coefficient (Wildman–Crippen LogP) is 1.21. The van der Waals surface area contributed by atoms with Crippen molar-refractivity contribution >= 4 is 5.91 Å². The fourth-order valence-corrected chi connectivity index (χ4v) is 3.52. The van der Waals surface area contributed by atoms with E-state index in [0.717, 1.165) is 13.0 Å². The molecule has 0 aromatic rings. The van der Waals surface area contributed by atoms with E-state index in [1.165, 1.54) is 51.7 Å². The van der Waals surface area contributed by atoms with E-state index < -0.39 is 0 Å². The van der Waals surface area contributed by atoms with Crippen LogP contribution in [0, 0.1) is 0 Å². The first-order valence-electron chi connectivity index (χ1n) is 8.07. The van der Waals surface area contributed by atoms with Gasteiger partial charge in [0.2, 0.25) is 5.91 Å². The summed E-state index contributed by atoms with van der Waals surface area (Å²) in [6.07, 6.45) is 7.12. The summed E-state index contributed by atoms with van der Waals surface area (Å²) >= 11 is 0. The van der Waals surface area contributed by atoms with Crippen LogP contribution >= 0.6 is 0 Å². The molecule has 1 unspecified atom stereocenters. The smallest absolute Gasteiger partial charge is 0.240 e. The summed E-state index contributed by atoms with van der Waals surface area (Å²) in [5, 5.41) is 3.50. The summed E-state index contributed by atoms with van der Waals surface area (Å²) in [6, 6.07) is 1.27. The van der Waals surface area contributed by atoms with Gasteiger partial charge in [0.05, 0.1) is 6.04 Å². The minimum atomic E-state index is 0.126. The SMILES string of the molecule is CCCN1CCC(N2CCC(NC3CC3)C2=O)CC1. The third kappa shape index (κ3) is 3.11. The van der Waals surface area contributed by atoms with Gasteiger partial charge in [0.1, 0.15) is 0 Å². The van der Waals surface area contributed by atoms with Crippen molar-refractivity contribution in [1.29, 1.82) is 0 Å². The molecule has 3 fully saturated rings. The molecule has 0 bridgehead atoms. The van der Waals surface area contributed by atoms with Gasteiger partial charge >= 0.3 is 0 Å². The second-order valence-electron chi connectivity index (χ2n) is 6.39. The van der Waals surface area contributed by atoms with Crippen molar-refractivity contribution in [3.05, 3.63) is 0 Å². The summed E-state index contributed by atoms with van der Waals surface area (Å²) in [5.74, 6) is 0.376. The zero-order valence-electron chi connectivity index (χ0n) is 12.1. The molecule has 1 N–H and O–H groups in total. The van der Waals surface area contributed by atoms with Crippen LogP contribution in [-0.4, -0.2) is 60.0 Å². The maximum atomic E-state index is 12.4. The van der Waals surface area contributed by atoms with E-state index in [2.05, 4.69) is 22.0 Å². The number of nitrogens with zero attached hydrogens (tertiary/aromatic N) is 2. The molecule has 0 aromatic heterocycles. The Kier molecular flexibility index (Phi) is 4.08. The highest BCUT2D eigenvalue weighted by molar-refractivity contribution is 5.84. The Labute approximate surface area is 116 Å². The molecule has 1 saturated carbocycles. The van der Waals surface area contributed by atoms with Gasteiger partial charge in [0, 0.05) is 31.7 Å². The van der Waals surface area contributed by atoms with E-state index in [0.29, 0.717) is 18.0 Å². The molecule has 0 spiro atoms. The molecule has 2 saturated heterocycles. The lowest BCUT2D eigenvalue weighted by atomic mass is 10.0. The number of likely N-dealkylation sites (tertiary alicyclic amines) is 2. The molecule has 4 heteroatoms. The minimum Gasteiger partial charge on any atom is -0.338 e. The normalized spacial score (nSPS) is 30.3. The highest BCUT2D eigenvalue weighted by Gasteiger charge is 2.39. The predicted molar refractivity (Wildman–Crippen MR) is 76.0 cm³/mol. The molecule has 108 valence electrons. The fourth-order valence-electron chi connectivity index (χ4n) is 3.52. The standard InChI is InChI=1S/C15H27N3O/c1-2-8-17-9-5-13(6-10-17)18-11-7-14(15(18)19)16-12-3-4-12/h12-14,16H,2-11H2,1H3. The average Bonchev–Trinajstić information content (AvgIpc) is 3.16. The summed E-state index contributed by atoms with van der Waals surface area (Å²) in [5.41, 5.74) is 0. The van der Waals surface area contributed by atoms with Crippen LogP contribution in [0.25, 0.3) is 0 Å². The van der Waals surface area contributed by atoms with Crippen LogP contribution in [0.4, 0.5) is 0 Å². The minimum absolute atomic E-state index is 0.126. The van der Waals surface area contributed by atoms with Gasteiger partial charge in [-0.15, -0.1) is 0 Å². The number of rotatable bonds is 5. The number of carbonyl (C=O) groups is 1. The Hall–Kier alpha value is -0.610. The zero-order valence-corrected chi connectivity index (χ0v) is 12.1. The second kappa shape index (κ2) is 5.80. The third-order valence-electron chi connectivity index (χ3n) is 4.79. The van der Waals surface area contributed by atoms with E-state index in [1.807, 2.05) is 0 Å². The highest BCUT2D eigenvalue weighted by Crippen LogP contribution is 2.26. The maximum absolute atomic E-state index is 12.4. The number of carbonyl (C=O) groups excluding carboxylic acids is 1. The van der Waals surface area contributed by atoms with E-state index in [1.54, 1.807) is 0 Å². The highest BCUT2D eigenvalue weighted by atomic mass is 16.2. The van der Waals surface area contributed by atoms with Crippen LogP contribution in [0.3, 0.4) is 0 Å². The van der Waals surface area contributed by atoms with Gasteiger partial charge in [-0.05, 0) is 45.1 Å². The van der Waals surface area contributed by atoms with Crippen molar-refractivity contribution in [3.8, 4) is 0 Å². The van der Waals surface area contributed by atoms with Crippen LogP contribution in [0.2, 0.25) is 0 Å². The van der Waals surface area contributed by atoms with Crippen LogP contribution in [0.15, 0.2) is 0 Å². The van der Waals surface area contributed by atoms with E-state index in [4.69, 9.17) is 0 Å². The maximum Gasteiger partial charge on any atom is 0.240 e. The summed E-state index contributed by atoms with van der Waals surface area (Å²) in [7, 11) is 0. The first kappa shape index (κ1) is 13.4. The van der Waals surface area contributed by atoms with Crippen LogP contribution in [0.1, 0.15) is 45.4 Å². The molecule has 1 atom stereocenters. The number of hydrogen-bond donors (Lipinski definition) is 1. The van der Waals surface area contributed by atoms with Gasteiger partial charge in [-0.25, -0.2) is 0 Å². The Morgan fingerprint density at radius 1 is 1.11 bits per heavy atom. The average molecular weight is 265 g/mol. The monoisotopic (exact) mass is 265 g/mol. The molecule has 1 amide bonds. The van der Waals surface area contributed by atoms with Crippen LogP contribution < -0.4 is 5.32 Å². The zero-order chi connectivity index (χ0) is 13.2. The van der Waals surface area contributed by atoms with Crippen LogP contribution in [0.5, 0.6) is 0 Å². The second-order valence-corrected chi connectivity index (χ2v) is 6.39. The Morgan fingerprint density at radius 2 is 1.84 bits per heavy atom. The molecule has 1 aliphatic carbocycles. The first-order valence-corrected chi connectivity index (χ1v) is 8.07. The van der Waals surface area contributed by atoms with Crippen molar-refractivity contribution in [3.63, 3.8) is 0 Å². The van der Waals surface area contributed by atoms with Gasteiger partial charge in [-0.2, -0.15) is 0 Å². The van der Waals surface area contributed by atoms with Gasteiger partial charge in [0.25, 0.3) is 0 Å².